The first-order valence-electron chi connectivity index (χ1n) is 11.9. The maximum absolute atomic E-state index is 14.9. The van der Waals surface area contributed by atoms with Crippen LogP contribution in [0.3, 0.4) is 0 Å². The molecule has 1 unspecified atom stereocenters. The van der Waals surface area contributed by atoms with Crippen molar-refractivity contribution in [1.82, 2.24) is 0 Å². The van der Waals surface area contributed by atoms with Crippen LogP contribution in [0.15, 0.2) is 46.6 Å². The van der Waals surface area contributed by atoms with E-state index in [9.17, 15) is 24.8 Å². The van der Waals surface area contributed by atoms with Gasteiger partial charge in [0.05, 0.1) is 13.2 Å². The number of nitrogens with zero attached hydrogens (tertiary/aromatic N) is 1. The predicted molar refractivity (Wildman–Crippen MR) is 128 cm³/mol. The normalized spacial score (nSPS) is 29.2. The lowest BCUT2D eigenvalue weighted by Gasteiger charge is -2.39. The molecular weight excluding hydrogens is 457 g/mol. The zero-order chi connectivity index (χ0) is 25.7. The molecule has 0 amide bonds. The summed E-state index contributed by atoms with van der Waals surface area (Å²) in [7, 11) is 0. The molecule has 0 radical (unpaired) electrons. The van der Waals surface area contributed by atoms with E-state index in [1.165, 1.54) is 6.07 Å². The van der Waals surface area contributed by atoms with Gasteiger partial charge in [0.25, 0.3) is 0 Å². The molecule has 2 heterocycles. The average Bonchev–Trinajstić information content (AvgIpc) is 3.38. The van der Waals surface area contributed by atoms with Gasteiger partial charge in [0.1, 0.15) is 30.2 Å². The standard InChI is InChI=1S/C26H36FNO7/c1-5-16-6-7-17(20(27)10-16)11-19(14(2)3)25(28-15(4)18-8-9-33-13-18)35-26-24(32)23(31)22(30)21(12-29)34-26/h6-7,10,18,21-24,26,29-32H,4-5,8-9,11-13H2,1-3H3/t18?,21-,22-,23+,24-,26+/m1/s1. The van der Waals surface area contributed by atoms with Crippen LogP contribution < -0.4 is 0 Å². The molecule has 2 saturated heterocycles. The minimum absolute atomic E-state index is 0.0256. The van der Waals surface area contributed by atoms with Crippen molar-refractivity contribution in [3.8, 4) is 0 Å². The van der Waals surface area contributed by atoms with E-state index in [1.807, 2.05) is 26.8 Å². The third-order valence-corrected chi connectivity index (χ3v) is 6.48. The van der Waals surface area contributed by atoms with E-state index < -0.39 is 37.3 Å². The SMILES string of the molecule is C=C(N=C(O[C@@H]1O[C@H](CO)[C@@H](O)[C@H](O)[C@H]1O)C(Cc1ccc(CC)cc1F)=C(C)C)C1CCOC1. The molecule has 3 rings (SSSR count). The number of aliphatic imine (C=N–C) groups is 1. The van der Waals surface area contributed by atoms with Crippen molar-refractivity contribution in [2.45, 2.75) is 70.7 Å². The molecule has 0 saturated carbocycles. The third kappa shape index (κ3) is 6.55. The Bertz CT molecular complexity index is 951. The van der Waals surface area contributed by atoms with Gasteiger partial charge < -0.3 is 34.6 Å². The molecule has 2 fully saturated rings. The summed E-state index contributed by atoms with van der Waals surface area (Å²) >= 11 is 0. The summed E-state index contributed by atoms with van der Waals surface area (Å²) in [4.78, 5) is 4.61. The smallest absolute Gasteiger partial charge is 0.231 e. The Kier molecular flexibility index (Phi) is 9.57. The van der Waals surface area contributed by atoms with Crippen LogP contribution in [-0.2, 0) is 27.1 Å². The summed E-state index contributed by atoms with van der Waals surface area (Å²) in [5.41, 5.74) is 3.18. The summed E-state index contributed by atoms with van der Waals surface area (Å²) in [6, 6.07) is 5.09. The first-order valence-corrected chi connectivity index (χ1v) is 11.9. The van der Waals surface area contributed by atoms with Crippen LogP contribution in [0, 0.1) is 11.7 Å². The second-order valence-corrected chi connectivity index (χ2v) is 9.22. The van der Waals surface area contributed by atoms with Gasteiger partial charge >= 0.3 is 0 Å². The van der Waals surface area contributed by atoms with Gasteiger partial charge in [-0.05, 0) is 43.9 Å². The topological polar surface area (TPSA) is 121 Å². The number of halogens is 1. The molecule has 1 aromatic rings. The van der Waals surface area contributed by atoms with Gasteiger partial charge in [-0.15, -0.1) is 0 Å². The van der Waals surface area contributed by atoms with E-state index in [-0.39, 0.29) is 24.1 Å². The van der Waals surface area contributed by atoms with Gasteiger partial charge in [-0.3, -0.25) is 0 Å². The monoisotopic (exact) mass is 493 g/mol. The van der Waals surface area contributed by atoms with Crippen LogP contribution in [0.25, 0.3) is 0 Å². The van der Waals surface area contributed by atoms with E-state index in [1.54, 1.807) is 6.07 Å². The lowest BCUT2D eigenvalue weighted by molar-refractivity contribution is -0.281. The molecular formula is C26H36FNO7. The summed E-state index contributed by atoms with van der Waals surface area (Å²) in [6.07, 6.45) is -5.69. The molecule has 0 aliphatic carbocycles. The Morgan fingerprint density at radius 3 is 2.51 bits per heavy atom. The maximum atomic E-state index is 14.9. The van der Waals surface area contributed by atoms with E-state index in [4.69, 9.17) is 14.2 Å². The zero-order valence-corrected chi connectivity index (χ0v) is 20.5. The highest BCUT2D eigenvalue weighted by atomic mass is 19.1. The number of allylic oxidation sites excluding steroid dienone is 1. The van der Waals surface area contributed by atoms with Crippen LogP contribution in [0.2, 0.25) is 0 Å². The van der Waals surface area contributed by atoms with Gasteiger partial charge in [-0.2, -0.15) is 0 Å². The van der Waals surface area contributed by atoms with Crippen molar-refractivity contribution < 1.29 is 39.0 Å². The van der Waals surface area contributed by atoms with Crippen LogP contribution in [0.5, 0.6) is 0 Å². The van der Waals surface area contributed by atoms with Crippen LogP contribution in [0.4, 0.5) is 4.39 Å². The maximum Gasteiger partial charge on any atom is 0.231 e. The first kappa shape index (κ1) is 27.4. The lowest BCUT2D eigenvalue weighted by Crippen LogP contribution is -2.59. The molecule has 35 heavy (non-hydrogen) atoms. The molecule has 0 spiro atoms. The first-order chi connectivity index (χ1) is 16.7. The molecule has 0 bridgehead atoms. The molecule has 1 aromatic carbocycles. The predicted octanol–water partition coefficient (Wildman–Crippen LogP) is 2.03. The second-order valence-electron chi connectivity index (χ2n) is 9.22. The number of rotatable bonds is 8. The highest BCUT2D eigenvalue weighted by molar-refractivity contribution is 5.95. The number of benzene rings is 1. The Balaban J connectivity index is 1.96. The Morgan fingerprint density at radius 1 is 1.20 bits per heavy atom. The number of aryl methyl sites for hydroxylation is 1. The van der Waals surface area contributed by atoms with Gasteiger partial charge in [0.15, 0.2) is 0 Å². The van der Waals surface area contributed by atoms with Gasteiger partial charge in [-0.1, -0.05) is 31.2 Å². The molecule has 194 valence electrons. The van der Waals surface area contributed by atoms with Crippen LogP contribution >= 0.6 is 0 Å². The van der Waals surface area contributed by atoms with E-state index in [0.29, 0.717) is 36.5 Å². The van der Waals surface area contributed by atoms with Crippen molar-refractivity contribution in [2.75, 3.05) is 19.8 Å². The lowest BCUT2D eigenvalue weighted by atomic mass is 9.97. The Hall–Kier alpha value is -2.14. The van der Waals surface area contributed by atoms with Gasteiger partial charge in [0.2, 0.25) is 12.2 Å². The number of hydrogen-bond acceptors (Lipinski definition) is 8. The Labute approximate surface area is 205 Å². The second kappa shape index (κ2) is 12.2. The van der Waals surface area contributed by atoms with E-state index in [0.717, 1.165) is 17.6 Å². The molecule has 4 N–H and O–H groups in total. The fraction of sp³-hybridized carbons (Fsp3) is 0.577. The van der Waals surface area contributed by atoms with Crippen molar-refractivity contribution in [1.29, 1.82) is 0 Å². The highest BCUT2D eigenvalue weighted by Crippen LogP contribution is 2.28. The quantitative estimate of drug-likeness (QED) is 0.323. The zero-order valence-electron chi connectivity index (χ0n) is 20.5. The Morgan fingerprint density at radius 2 is 1.94 bits per heavy atom. The average molecular weight is 494 g/mol. The minimum atomic E-state index is -1.61. The van der Waals surface area contributed by atoms with Gasteiger partial charge in [-0.25, -0.2) is 9.38 Å². The molecule has 2 aliphatic heterocycles. The van der Waals surface area contributed by atoms with E-state index in [2.05, 4.69) is 11.6 Å². The molecule has 2 aliphatic rings. The van der Waals surface area contributed by atoms with Crippen molar-refractivity contribution in [3.05, 3.63) is 58.6 Å². The summed E-state index contributed by atoms with van der Waals surface area (Å²) < 4.78 is 31.8. The van der Waals surface area contributed by atoms with Crippen LogP contribution in [0.1, 0.15) is 38.3 Å². The highest BCUT2D eigenvalue weighted by Gasteiger charge is 2.45. The number of ether oxygens (including phenoxy) is 3. The number of aliphatic hydroxyl groups excluding tert-OH is 4. The summed E-state index contributed by atoms with van der Waals surface area (Å²) in [5, 5.41) is 40.3. The molecule has 6 atom stereocenters. The van der Waals surface area contributed by atoms with Crippen molar-refractivity contribution in [2.24, 2.45) is 10.9 Å². The van der Waals surface area contributed by atoms with Crippen molar-refractivity contribution >= 4 is 5.90 Å². The van der Waals surface area contributed by atoms with E-state index >= 15 is 0 Å². The fourth-order valence-electron chi connectivity index (χ4n) is 4.07. The summed E-state index contributed by atoms with van der Waals surface area (Å²) in [6.45, 7) is 10.1. The van der Waals surface area contributed by atoms with Crippen LogP contribution in [-0.4, -0.2) is 76.9 Å². The number of hydrogen-bond donors (Lipinski definition) is 4. The largest absolute Gasteiger partial charge is 0.445 e. The molecule has 0 aromatic heterocycles. The molecule has 8 nitrogen and oxygen atoms in total. The van der Waals surface area contributed by atoms with Crippen molar-refractivity contribution in [3.63, 3.8) is 0 Å². The fourth-order valence-corrected chi connectivity index (χ4v) is 4.07. The minimum Gasteiger partial charge on any atom is -0.445 e. The summed E-state index contributed by atoms with van der Waals surface area (Å²) in [5.74, 6) is -0.314. The van der Waals surface area contributed by atoms with Gasteiger partial charge in [0, 0.05) is 30.2 Å². The number of aliphatic hydroxyl groups is 4. The third-order valence-electron chi connectivity index (χ3n) is 6.48. The molecule has 9 heteroatoms.